The van der Waals surface area contributed by atoms with E-state index in [0.717, 1.165) is 10.0 Å². The molecule has 1 aromatic rings. The summed E-state index contributed by atoms with van der Waals surface area (Å²) in [5, 5.41) is 3.01. The molecule has 124 valence electrons. The van der Waals surface area contributed by atoms with Crippen LogP contribution in [0, 0.1) is 5.92 Å². The molecular weight excluding hydrogens is 346 g/mol. The van der Waals surface area contributed by atoms with Crippen LogP contribution in [0.1, 0.15) is 40.2 Å². The molecule has 1 aromatic carbocycles. The number of benzene rings is 1. The summed E-state index contributed by atoms with van der Waals surface area (Å²) in [6, 6.07) is 3.89. The molecule has 1 amide bonds. The quantitative estimate of drug-likeness (QED) is 0.752. The maximum atomic E-state index is 12.2. The SMILES string of the molecule is CCOc1cc(Br)c(CC(=O)N[C@@H](C)C(C)C)cc1OCC. The summed E-state index contributed by atoms with van der Waals surface area (Å²) in [7, 11) is 0. The Morgan fingerprint density at radius 1 is 1.14 bits per heavy atom. The number of nitrogens with one attached hydrogen (secondary N) is 1. The van der Waals surface area contributed by atoms with E-state index in [4.69, 9.17) is 9.47 Å². The summed E-state index contributed by atoms with van der Waals surface area (Å²) in [5.74, 6) is 1.78. The first-order valence-corrected chi connectivity index (χ1v) is 8.55. The van der Waals surface area contributed by atoms with Crippen LogP contribution in [0.5, 0.6) is 11.5 Å². The van der Waals surface area contributed by atoms with Gasteiger partial charge in [0, 0.05) is 10.5 Å². The standard InChI is InChI=1S/C17H26BrNO3/c1-6-21-15-8-13(14(18)10-16(15)22-7-2)9-17(20)19-12(5)11(3)4/h8,10-12H,6-7,9H2,1-5H3,(H,19,20)/t12-/m0/s1. The van der Waals surface area contributed by atoms with E-state index in [-0.39, 0.29) is 11.9 Å². The molecule has 0 aliphatic heterocycles. The van der Waals surface area contributed by atoms with Gasteiger partial charge in [0.25, 0.3) is 0 Å². The number of hydrogen-bond donors (Lipinski definition) is 1. The van der Waals surface area contributed by atoms with E-state index in [0.29, 0.717) is 37.1 Å². The highest BCUT2D eigenvalue weighted by Crippen LogP contribution is 2.34. The fourth-order valence-corrected chi connectivity index (χ4v) is 2.36. The van der Waals surface area contributed by atoms with E-state index >= 15 is 0 Å². The summed E-state index contributed by atoms with van der Waals surface area (Å²) < 4.78 is 12.0. The van der Waals surface area contributed by atoms with Crippen molar-refractivity contribution in [2.24, 2.45) is 5.92 Å². The summed E-state index contributed by atoms with van der Waals surface area (Å²) in [4.78, 5) is 12.2. The molecule has 5 heteroatoms. The largest absolute Gasteiger partial charge is 0.490 e. The Morgan fingerprint density at radius 3 is 2.18 bits per heavy atom. The minimum atomic E-state index is 0.00788. The van der Waals surface area contributed by atoms with Crippen LogP contribution in [0.15, 0.2) is 16.6 Å². The first-order chi connectivity index (χ1) is 10.4. The smallest absolute Gasteiger partial charge is 0.224 e. The van der Waals surface area contributed by atoms with Crippen molar-refractivity contribution in [3.63, 3.8) is 0 Å². The minimum absolute atomic E-state index is 0.00788. The Labute approximate surface area is 141 Å². The van der Waals surface area contributed by atoms with E-state index < -0.39 is 0 Å². The van der Waals surface area contributed by atoms with Crippen molar-refractivity contribution in [2.75, 3.05) is 13.2 Å². The molecule has 0 fully saturated rings. The molecule has 1 atom stereocenters. The van der Waals surface area contributed by atoms with E-state index in [1.54, 1.807) is 0 Å². The molecule has 1 rings (SSSR count). The lowest BCUT2D eigenvalue weighted by Crippen LogP contribution is -2.37. The predicted molar refractivity (Wildman–Crippen MR) is 92.6 cm³/mol. The number of halogens is 1. The molecule has 22 heavy (non-hydrogen) atoms. The van der Waals surface area contributed by atoms with Gasteiger partial charge in [0.15, 0.2) is 11.5 Å². The maximum Gasteiger partial charge on any atom is 0.224 e. The molecule has 0 saturated heterocycles. The summed E-state index contributed by atoms with van der Waals surface area (Å²) >= 11 is 3.51. The van der Waals surface area contributed by atoms with Crippen LogP contribution in [0.4, 0.5) is 0 Å². The summed E-state index contributed by atoms with van der Waals surface area (Å²) in [6.45, 7) is 11.2. The van der Waals surface area contributed by atoms with E-state index in [1.165, 1.54) is 0 Å². The fraction of sp³-hybridized carbons (Fsp3) is 0.588. The average Bonchev–Trinajstić information content (AvgIpc) is 2.44. The van der Waals surface area contributed by atoms with Crippen molar-refractivity contribution in [3.05, 3.63) is 22.2 Å². The van der Waals surface area contributed by atoms with Crippen LogP contribution in [-0.4, -0.2) is 25.2 Å². The third-order valence-corrected chi connectivity index (χ3v) is 4.19. The Kier molecular flexibility index (Phi) is 7.73. The van der Waals surface area contributed by atoms with Gasteiger partial charge in [-0.25, -0.2) is 0 Å². The lowest BCUT2D eigenvalue weighted by atomic mass is 10.1. The molecular formula is C17H26BrNO3. The van der Waals surface area contributed by atoms with Gasteiger partial charge in [0.1, 0.15) is 0 Å². The molecule has 1 N–H and O–H groups in total. The average molecular weight is 372 g/mol. The van der Waals surface area contributed by atoms with Crippen LogP contribution in [-0.2, 0) is 11.2 Å². The van der Waals surface area contributed by atoms with Crippen LogP contribution in [0.2, 0.25) is 0 Å². The van der Waals surface area contributed by atoms with Crippen molar-refractivity contribution < 1.29 is 14.3 Å². The van der Waals surface area contributed by atoms with Crippen LogP contribution in [0.3, 0.4) is 0 Å². The number of carbonyl (C=O) groups is 1. The first kappa shape index (κ1) is 18.8. The van der Waals surface area contributed by atoms with Gasteiger partial charge in [-0.1, -0.05) is 29.8 Å². The number of ether oxygens (including phenoxy) is 2. The summed E-state index contributed by atoms with van der Waals surface area (Å²) in [5.41, 5.74) is 0.889. The van der Waals surface area contributed by atoms with Gasteiger partial charge in [-0.15, -0.1) is 0 Å². The Morgan fingerprint density at radius 2 is 1.68 bits per heavy atom. The third kappa shape index (κ3) is 5.52. The minimum Gasteiger partial charge on any atom is -0.490 e. The zero-order valence-corrected chi connectivity index (χ0v) is 15.6. The van der Waals surface area contributed by atoms with Crippen LogP contribution < -0.4 is 14.8 Å². The van der Waals surface area contributed by atoms with Crippen LogP contribution in [0.25, 0.3) is 0 Å². The van der Waals surface area contributed by atoms with E-state index in [1.807, 2.05) is 32.9 Å². The molecule has 4 nitrogen and oxygen atoms in total. The third-order valence-electron chi connectivity index (χ3n) is 3.45. The summed E-state index contributed by atoms with van der Waals surface area (Å²) in [6.07, 6.45) is 0.310. The lowest BCUT2D eigenvalue weighted by Gasteiger charge is -2.18. The normalized spacial score (nSPS) is 12.1. The van der Waals surface area contributed by atoms with Crippen LogP contribution >= 0.6 is 15.9 Å². The molecule has 0 saturated carbocycles. The van der Waals surface area contributed by atoms with Crippen molar-refractivity contribution in [3.8, 4) is 11.5 Å². The molecule has 0 unspecified atom stereocenters. The molecule has 0 aliphatic rings. The highest BCUT2D eigenvalue weighted by Gasteiger charge is 2.15. The second-order valence-electron chi connectivity index (χ2n) is 5.53. The van der Waals surface area contributed by atoms with E-state index in [2.05, 4.69) is 35.1 Å². The van der Waals surface area contributed by atoms with Crippen molar-refractivity contribution in [1.29, 1.82) is 0 Å². The number of hydrogen-bond acceptors (Lipinski definition) is 3. The zero-order valence-electron chi connectivity index (χ0n) is 14.0. The van der Waals surface area contributed by atoms with Crippen molar-refractivity contribution >= 4 is 21.8 Å². The molecule has 0 bridgehead atoms. The highest BCUT2D eigenvalue weighted by molar-refractivity contribution is 9.10. The first-order valence-electron chi connectivity index (χ1n) is 7.76. The zero-order chi connectivity index (χ0) is 16.7. The molecule has 0 aliphatic carbocycles. The van der Waals surface area contributed by atoms with Gasteiger partial charge in [0.05, 0.1) is 19.6 Å². The number of carbonyl (C=O) groups excluding carboxylic acids is 1. The Bertz CT molecular complexity index is 503. The van der Waals surface area contributed by atoms with Gasteiger partial charge in [-0.3, -0.25) is 4.79 Å². The second kappa shape index (κ2) is 9.03. The monoisotopic (exact) mass is 371 g/mol. The molecule has 0 aromatic heterocycles. The molecule has 0 spiro atoms. The number of rotatable bonds is 8. The van der Waals surface area contributed by atoms with Crippen molar-refractivity contribution in [2.45, 2.75) is 47.1 Å². The fourth-order valence-electron chi connectivity index (χ4n) is 1.89. The highest BCUT2D eigenvalue weighted by atomic mass is 79.9. The van der Waals surface area contributed by atoms with Gasteiger partial charge in [-0.2, -0.15) is 0 Å². The van der Waals surface area contributed by atoms with Crippen molar-refractivity contribution in [1.82, 2.24) is 5.32 Å². The number of amides is 1. The van der Waals surface area contributed by atoms with Gasteiger partial charge >= 0.3 is 0 Å². The topological polar surface area (TPSA) is 47.6 Å². The lowest BCUT2D eigenvalue weighted by molar-refractivity contribution is -0.121. The van der Waals surface area contributed by atoms with Gasteiger partial charge in [-0.05, 0) is 44.4 Å². The van der Waals surface area contributed by atoms with Gasteiger partial charge < -0.3 is 14.8 Å². The Balaban J connectivity index is 2.90. The molecule has 0 heterocycles. The Hall–Kier alpha value is -1.23. The predicted octanol–water partition coefficient (Wildman–Crippen LogP) is 3.95. The second-order valence-corrected chi connectivity index (χ2v) is 6.39. The maximum absolute atomic E-state index is 12.2. The van der Waals surface area contributed by atoms with E-state index in [9.17, 15) is 4.79 Å². The molecule has 0 radical (unpaired) electrons. The van der Waals surface area contributed by atoms with Gasteiger partial charge in [0.2, 0.25) is 5.91 Å².